The minimum Gasteiger partial charge on any atom is -0.399 e. The van der Waals surface area contributed by atoms with Gasteiger partial charge < -0.3 is 5.73 Å². The fourth-order valence-corrected chi connectivity index (χ4v) is 5.16. The van der Waals surface area contributed by atoms with Crippen LogP contribution in [0.1, 0.15) is 42.5 Å². The van der Waals surface area contributed by atoms with Gasteiger partial charge in [-0.3, -0.25) is 0 Å². The summed E-state index contributed by atoms with van der Waals surface area (Å²) in [4.78, 5) is 0. The van der Waals surface area contributed by atoms with Gasteiger partial charge in [0.15, 0.2) is 0 Å². The molecule has 1 unspecified atom stereocenters. The molecule has 0 aliphatic heterocycles. The topological polar surface area (TPSA) is 26.0 Å². The van der Waals surface area contributed by atoms with E-state index in [1.807, 2.05) is 6.07 Å². The van der Waals surface area contributed by atoms with Crippen LogP contribution in [0.3, 0.4) is 0 Å². The average molecular weight is 311 g/mol. The summed E-state index contributed by atoms with van der Waals surface area (Å²) >= 11 is 0. The van der Waals surface area contributed by atoms with Gasteiger partial charge >= 0.3 is 0 Å². The molecule has 1 atom stereocenters. The van der Waals surface area contributed by atoms with Gasteiger partial charge in [-0.25, -0.2) is 0 Å². The highest BCUT2D eigenvalue weighted by atomic mass is 14.6. The highest BCUT2D eigenvalue weighted by Crippen LogP contribution is 2.62. The molecule has 0 fully saturated rings. The summed E-state index contributed by atoms with van der Waals surface area (Å²) in [5.41, 5.74) is 15.6. The highest BCUT2D eigenvalue weighted by molar-refractivity contribution is 5.86. The number of hydrogen-bond acceptors (Lipinski definition) is 1. The van der Waals surface area contributed by atoms with Gasteiger partial charge in [-0.15, -0.1) is 0 Å². The Morgan fingerprint density at radius 2 is 1.33 bits per heavy atom. The monoisotopic (exact) mass is 311 g/mol. The van der Waals surface area contributed by atoms with Crippen molar-refractivity contribution in [2.75, 3.05) is 5.73 Å². The lowest BCUT2D eigenvalue weighted by atomic mass is 9.71. The van der Waals surface area contributed by atoms with E-state index in [2.05, 4.69) is 74.5 Å². The van der Waals surface area contributed by atoms with E-state index in [0.29, 0.717) is 0 Å². The maximum absolute atomic E-state index is 6.20. The Balaban J connectivity index is 1.95. The van der Waals surface area contributed by atoms with E-state index < -0.39 is 0 Å². The van der Waals surface area contributed by atoms with Gasteiger partial charge in [0.25, 0.3) is 0 Å². The third-order valence-electron chi connectivity index (χ3n) is 6.00. The molecule has 1 spiro atoms. The molecular weight excluding hydrogens is 290 g/mol. The lowest BCUT2D eigenvalue weighted by Crippen LogP contribution is -2.26. The molecule has 0 radical (unpaired) electrons. The molecule has 0 bridgehead atoms. The molecule has 24 heavy (non-hydrogen) atoms. The normalized spacial score (nSPS) is 22.2. The third-order valence-corrected chi connectivity index (χ3v) is 6.00. The largest absolute Gasteiger partial charge is 0.399 e. The van der Waals surface area contributed by atoms with Crippen LogP contribution in [-0.4, -0.2) is 0 Å². The molecule has 0 aromatic heterocycles. The molecular formula is C23H21N. The molecule has 3 aromatic carbocycles. The molecule has 1 nitrogen and oxygen atoms in total. The number of nitrogens with two attached hydrogens (primary N) is 1. The third kappa shape index (κ3) is 1.50. The van der Waals surface area contributed by atoms with Gasteiger partial charge in [-0.2, -0.15) is 0 Å². The number of anilines is 1. The first-order chi connectivity index (χ1) is 11.5. The minimum atomic E-state index is -0.0681. The first-order valence-electron chi connectivity index (χ1n) is 8.64. The van der Waals surface area contributed by atoms with Crippen molar-refractivity contribution >= 4 is 5.69 Å². The van der Waals surface area contributed by atoms with E-state index >= 15 is 0 Å². The fraction of sp³-hybridized carbons (Fsp3) is 0.217. The summed E-state index contributed by atoms with van der Waals surface area (Å²) in [5, 5.41) is 0. The second-order valence-corrected chi connectivity index (χ2v) is 7.86. The zero-order valence-electron chi connectivity index (χ0n) is 14.1. The lowest BCUT2D eigenvalue weighted by Gasteiger charge is -2.30. The van der Waals surface area contributed by atoms with Crippen LogP contribution < -0.4 is 5.73 Å². The molecule has 2 aliphatic carbocycles. The molecule has 5 rings (SSSR count). The second kappa shape index (κ2) is 4.30. The molecule has 2 aliphatic rings. The second-order valence-electron chi connectivity index (χ2n) is 7.86. The molecule has 118 valence electrons. The fourth-order valence-electron chi connectivity index (χ4n) is 5.16. The zero-order chi connectivity index (χ0) is 16.5. The summed E-state index contributed by atoms with van der Waals surface area (Å²) in [5.74, 6) is 0. The molecule has 0 saturated carbocycles. The Kier molecular flexibility index (Phi) is 2.48. The maximum atomic E-state index is 6.20. The van der Waals surface area contributed by atoms with Crippen LogP contribution in [0.25, 0.3) is 11.1 Å². The Labute approximate surface area is 143 Å². The Morgan fingerprint density at radius 3 is 2.12 bits per heavy atom. The molecule has 1 heteroatoms. The van der Waals surface area contributed by atoms with Crippen molar-refractivity contribution in [2.45, 2.75) is 31.1 Å². The van der Waals surface area contributed by atoms with E-state index in [-0.39, 0.29) is 10.8 Å². The lowest BCUT2D eigenvalue weighted by molar-refractivity contribution is 0.449. The van der Waals surface area contributed by atoms with Crippen molar-refractivity contribution in [3.8, 4) is 11.1 Å². The van der Waals surface area contributed by atoms with Crippen LogP contribution in [0.4, 0.5) is 5.69 Å². The Hall–Kier alpha value is -2.54. The summed E-state index contributed by atoms with van der Waals surface area (Å²) in [6.07, 6.45) is 1.09. The first kappa shape index (κ1) is 13.9. The van der Waals surface area contributed by atoms with Crippen molar-refractivity contribution in [3.05, 3.63) is 89.0 Å². The van der Waals surface area contributed by atoms with E-state index in [9.17, 15) is 0 Å². The van der Waals surface area contributed by atoms with Crippen LogP contribution in [0, 0.1) is 0 Å². The standard InChI is InChI=1S/C23H21N/c1-22(2)14-23(20-10-6-5-9-19(20)22)18-8-4-3-7-16(18)17-12-11-15(24)13-21(17)23/h3-13H,14,24H2,1-2H3. The zero-order valence-corrected chi connectivity index (χ0v) is 14.1. The van der Waals surface area contributed by atoms with Crippen LogP contribution in [0.2, 0.25) is 0 Å². The molecule has 3 aromatic rings. The highest BCUT2D eigenvalue weighted by Gasteiger charge is 2.53. The van der Waals surface area contributed by atoms with Gasteiger partial charge in [0.05, 0.1) is 0 Å². The van der Waals surface area contributed by atoms with E-state index in [0.717, 1.165) is 12.1 Å². The van der Waals surface area contributed by atoms with Gasteiger partial charge in [0, 0.05) is 11.1 Å². The van der Waals surface area contributed by atoms with E-state index in [1.54, 1.807) is 0 Å². The van der Waals surface area contributed by atoms with Gasteiger partial charge in [-0.05, 0) is 57.3 Å². The van der Waals surface area contributed by atoms with Crippen molar-refractivity contribution in [1.82, 2.24) is 0 Å². The number of hydrogen-bond donors (Lipinski definition) is 1. The van der Waals surface area contributed by atoms with Crippen molar-refractivity contribution in [2.24, 2.45) is 0 Å². The summed E-state index contributed by atoms with van der Waals surface area (Å²) in [6, 6.07) is 24.3. The predicted molar refractivity (Wildman–Crippen MR) is 100 cm³/mol. The predicted octanol–water partition coefficient (Wildman–Crippen LogP) is 5.26. The van der Waals surface area contributed by atoms with Crippen LogP contribution in [0.15, 0.2) is 66.7 Å². The van der Waals surface area contributed by atoms with Crippen LogP contribution in [-0.2, 0) is 10.8 Å². The smallest absolute Gasteiger partial charge is 0.0475 e. The van der Waals surface area contributed by atoms with Gasteiger partial charge in [0.1, 0.15) is 0 Å². The van der Waals surface area contributed by atoms with Crippen LogP contribution in [0.5, 0.6) is 0 Å². The average Bonchev–Trinajstić information content (AvgIpc) is 2.99. The van der Waals surface area contributed by atoms with Crippen LogP contribution >= 0.6 is 0 Å². The molecule has 2 N–H and O–H groups in total. The maximum Gasteiger partial charge on any atom is 0.0475 e. The first-order valence-corrected chi connectivity index (χ1v) is 8.64. The van der Waals surface area contributed by atoms with Crippen molar-refractivity contribution in [3.63, 3.8) is 0 Å². The molecule has 0 saturated heterocycles. The summed E-state index contributed by atoms with van der Waals surface area (Å²) in [6.45, 7) is 4.74. The minimum absolute atomic E-state index is 0.0681. The number of nitrogen functional groups attached to an aromatic ring is 1. The molecule has 0 amide bonds. The SMILES string of the molecule is CC1(C)CC2(c3ccccc3-c3ccc(N)cc32)c2ccccc21. The number of fused-ring (bicyclic) bond motifs is 7. The van der Waals surface area contributed by atoms with Crippen molar-refractivity contribution in [1.29, 1.82) is 0 Å². The van der Waals surface area contributed by atoms with E-state index in [4.69, 9.17) is 5.73 Å². The number of benzene rings is 3. The Morgan fingerprint density at radius 1 is 0.708 bits per heavy atom. The van der Waals surface area contributed by atoms with Crippen molar-refractivity contribution < 1.29 is 0 Å². The summed E-state index contributed by atoms with van der Waals surface area (Å²) in [7, 11) is 0. The number of rotatable bonds is 0. The van der Waals surface area contributed by atoms with E-state index in [1.165, 1.54) is 33.4 Å². The molecule has 0 heterocycles. The summed E-state index contributed by atoms with van der Waals surface area (Å²) < 4.78 is 0. The Bertz CT molecular complexity index is 983. The van der Waals surface area contributed by atoms with Gasteiger partial charge in [0.2, 0.25) is 0 Å². The quantitative estimate of drug-likeness (QED) is 0.563. The van der Waals surface area contributed by atoms with Gasteiger partial charge in [-0.1, -0.05) is 68.4 Å².